The summed E-state index contributed by atoms with van der Waals surface area (Å²) >= 11 is 3.15. The Bertz CT molecular complexity index is 989. The summed E-state index contributed by atoms with van der Waals surface area (Å²) in [6, 6.07) is 10.3. The van der Waals surface area contributed by atoms with Crippen molar-refractivity contribution in [1.29, 1.82) is 0 Å². The fourth-order valence-electron chi connectivity index (χ4n) is 2.76. The number of aromatic amines is 1. The molecule has 0 radical (unpaired) electrons. The van der Waals surface area contributed by atoms with Gasteiger partial charge in [0.15, 0.2) is 0 Å². The zero-order valence-electron chi connectivity index (χ0n) is 14.4. The number of hydrogen-bond acceptors (Lipinski definition) is 3. The number of fused-ring (bicyclic) bond motifs is 1. The molecule has 0 fully saturated rings. The number of amides is 2. The van der Waals surface area contributed by atoms with Crippen molar-refractivity contribution in [1.82, 2.24) is 10.3 Å². The van der Waals surface area contributed by atoms with Crippen LogP contribution in [0.4, 0.5) is 14.9 Å². The Morgan fingerprint density at radius 1 is 1.26 bits per heavy atom. The standard InChI is InChI=1S/C19H17BrFN3O3/c1-27-18(25)17(8-11-10-22-15-5-3-2-4-13(11)15)24-19(26)23-16-7-6-12(20)9-14(16)21/h2-7,9-10,17,22H,8H2,1H3,(H2,23,24,26)/t17-/m0/s1. The Morgan fingerprint density at radius 2 is 2.04 bits per heavy atom. The molecule has 1 atom stereocenters. The van der Waals surface area contributed by atoms with Crippen LogP contribution in [0.25, 0.3) is 10.9 Å². The number of hydrogen-bond donors (Lipinski definition) is 3. The molecule has 0 aliphatic carbocycles. The average molecular weight is 434 g/mol. The summed E-state index contributed by atoms with van der Waals surface area (Å²) < 4.78 is 19.2. The molecular formula is C19H17BrFN3O3. The molecule has 0 spiro atoms. The molecule has 0 unspecified atom stereocenters. The highest BCUT2D eigenvalue weighted by Crippen LogP contribution is 2.21. The molecule has 0 saturated heterocycles. The molecular weight excluding hydrogens is 417 g/mol. The number of rotatable bonds is 5. The highest BCUT2D eigenvalue weighted by atomic mass is 79.9. The Hall–Kier alpha value is -2.87. The van der Waals surface area contributed by atoms with Gasteiger partial charge in [-0.3, -0.25) is 0 Å². The van der Waals surface area contributed by atoms with Gasteiger partial charge < -0.3 is 20.4 Å². The number of urea groups is 1. The van der Waals surface area contributed by atoms with Crippen molar-refractivity contribution in [2.45, 2.75) is 12.5 Å². The van der Waals surface area contributed by atoms with Crippen LogP contribution >= 0.6 is 15.9 Å². The zero-order valence-corrected chi connectivity index (χ0v) is 16.0. The van der Waals surface area contributed by atoms with Gasteiger partial charge in [0, 0.05) is 28.0 Å². The second-order valence-electron chi connectivity index (χ2n) is 5.86. The summed E-state index contributed by atoms with van der Waals surface area (Å²) in [7, 11) is 1.25. The van der Waals surface area contributed by atoms with Crippen LogP contribution in [-0.4, -0.2) is 30.1 Å². The van der Waals surface area contributed by atoms with Gasteiger partial charge >= 0.3 is 12.0 Å². The topological polar surface area (TPSA) is 83.2 Å². The largest absolute Gasteiger partial charge is 0.467 e. The van der Waals surface area contributed by atoms with Crippen molar-refractivity contribution in [3.63, 3.8) is 0 Å². The van der Waals surface area contributed by atoms with E-state index in [2.05, 4.69) is 31.5 Å². The normalized spacial score (nSPS) is 11.8. The van der Waals surface area contributed by atoms with E-state index in [1.54, 1.807) is 12.3 Å². The third-order valence-electron chi connectivity index (χ3n) is 4.07. The van der Waals surface area contributed by atoms with E-state index < -0.39 is 23.9 Å². The predicted molar refractivity (Wildman–Crippen MR) is 104 cm³/mol. The maximum absolute atomic E-state index is 13.9. The van der Waals surface area contributed by atoms with Crippen molar-refractivity contribution >= 4 is 44.5 Å². The Balaban J connectivity index is 1.75. The summed E-state index contributed by atoms with van der Waals surface area (Å²) in [4.78, 5) is 27.5. The Morgan fingerprint density at radius 3 is 2.78 bits per heavy atom. The summed E-state index contributed by atoms with van der Waals surface area (Å²) in [5.41, 5.74) is 1.79. The molecule has 3 N–H and O–H groups in total. The van der Waals surface area contributed by atoms with Crippen molar-refractivity contribution in [2.75, 3.05) is 12.4 Å². The molecule has 2 aromatic carbocycles. The van der Waals surface area contributed by atoms with Crippen LogP contribution in [0.2, 0.25) is 0 Å². The molecule has 0 aliphatic rings. The van der Waals surface area contributed by atoms with Gasteiger partial charge in [-0.25, -0.2) is 14.0 Å². The van der Waals surface area contributed by atoms with Gasteiger partial charge in [0.05, 0.1) is 12.8 Å². The van der Waals surface area contributed by atoms with Gasteiger partial charge in [-0.05, 0) is 29.8 Å². The number of H-pyrrole nitrogens is 1. The Kier molecular flexibility index (Phi) is 5.75. The van der Waals surface area contributed by atoms with Gasteiger partial charge in [0.25, 0.3) is 0 Å². The average Bonchev–Trinajstić information content (AvgIpc) is 3.06. The zero-order chi connectivity index (χ0) is 19.4. The Labute approximate surface area is 163 Å². The number of methoxy groups -OCH3 is 1. The monoisotopic (exact) mass is 433 g/mol. The molecule has 1 heterocycles. The van der Waals surface area contributed by atoms with Crippen LogP contribution in [0.1, 0.15) is 5.56 Å². The van der Waals surface area contributed by atoms with Crippen LogP contribution in [0, 0.1) is 5.82 Å². The minimum Gasteiger partial charge on any atom is -0.467 e. The number of halogens is 2. The third-order valence-corrected chi connectivity index (χ3v) is 4.56. The van der Waals surface area contributed by atoms with Gasteiger partial charge in [-0.2, -0.15) is 0 Å². The summed E-state index contributed by atoms with van der Waals surface area (Å²) in [6.45, 7) is 0. The number of benzene rings is 2. The SMILES string of the molecule is COC(=O)[C@H](Cc1c[nH]c2ccccc12)NC(=O)Nc1ccc(Br)cc1F. The molecule has 140 valence electrons. The van der Waals surface area contributed by atoms with E-state index in [-0.39, 0.29) is 12.1 Å². The first kappa shape index (κ1) is 18.9. The predicted octanol–water partition coefficient (Wildman–Crippen LogP) is 3.98. The minimum atomic E-state index is -0.923. The third kappa shape index (κ3) is 4.46. The van der Waals surface area contributed by atoms with Gasteiger partial charge in [-0.15, -0.1) is 0 Å². The molecule has 8 heteroatoms. The number of carbonyl (C=O) groups is 2. The molecule has 27 heavy (non-hydrogen) atoms. The first-order valence-electron chi connectivity index (χ1n) is 8.13. The summed E-state index contributed by atoms with van der Waals surface area (Å²) in [5.74, 6) is -1.18. The number of esters is 1. The van der Waals surface area contributed by atoms with Crippen molar-refractivity contribution in [2.24, 2.45) is 0 Å². The van der Waals surface area contributed by atoms with E-state index in [1.165, 1.54) is 19.2 Å². The number of nitrogens with one attached hydrogen (secondary N) is 3. The fourth-order valence-corrected chi connectivity index (χ4v) is 3.10. The maximum Gasteiger partial charge on any atom is 0.328 e. The van der Waals surface area contributed by atoms with E-state index in [0.717, 1.165) is 16.5 Å². The van der Waals surface area contributed by atoms with Crippen LogP contribution in [0.15, 0.2) is 53.1 Å². The number of ether oxygens (including phenoxy) is 1. The smallest absolute Gasteiger partial charge is 0.328 e. The minimum absolute atomic E-state index is 0.00594. The molecule has 3 rings (SSSR count). The molecule has 0 bridgehead atoms. The van der Waals surface area contributed by atoms with Gasteiger partial charge in [-0.1, -0.05) is 34.1 Å². The summed E-state index contributed by atoms with van der Waals surface area (Å²) in [5, 5.41) is 5.90. The van der Waals surface area contributed by atoms with E-state index in [0.29, 0.717) is 4.47 Å². The molecule has 3 aromatic rings. The number of anilines is 1. The lowest BCUT2D eigenvalue weighted by Crippen LogP contribution is -2.45. The molecule has 2 amide bonds. The van der Waals surface area contributed by atoms with Crippen molar-refractivity contribution in [3.8, 4) is 0 Å². The van der Waals surface area contributed by atoms with Crippen molar-refractivity contribution in [3.05, 3.63) is 64.5 Å². The van der Waals surface area contributed by atoms with E-state index in [4.69, 9.17) is 4.74 Å². The lowest BCUT2D eigenvalue weighted by molar-refractivity contribution is -0.142. The second kappa shape index (κ2) is 8.22. The van der Waals surface area contributed by atoms with Crippen LogP contribution < -0.4 is 10.6 Å². The number of aromatic nitrogens is 1. The second-order valence-corrected chi connectivity index (χ2v) is 6.78. The molecule has 6 nitrogen and oxygen atoms in total. The lowest BCUT2D eigenvalue weighted by Gasteiger charge is -2.17. The molecule has 0 aliphatic heterocycles. The number of para-hydroxylation sites is 1. The van der Waals surface area contributed by atoms with E-state index in [9.17, 15) is 14.0 Å². The van der Waals surface area contributed by atoms with Crippen molar-refractivity contribution < 1.29 is 18.7 Å². The molecule has 0 saturated carbocycles. The van der Waals surface area contributed by atoms with Gasteiger partial charge in [0.1, 0.15) is 11.9 Å². The van der Waals surface area contributed by atoms with Crippen LogP contribution in [0.5, 0.6) is 0 Å². The fraction of sp³-hybridized carbons (Fsp3) is 0.158. The summed E-state index contributed by atoms with van der Waals surface area (Å²) in [6.07, 6.45) is 2.02. The van der Waals surface area contributed by atoms with Crippen LogP contribution in [-0.2, 0) is 16.0 Å². The van der Waals surface area contributed by atoms with E-state index >= 15 is 0 Å². The van der Waals surface area contributed by atoms with Gasteiger partial charge in [0.2, 0.25) is 0 Å². The number of carbonyl (C=O) groups excluding carboxylic acids is 2. The molecule has 1 aromatic heterocycles. The lowest BCUT2D eigenvalue weighted by atomic mass is 10.1. The first-order chi connectivity index (χ1) is 13.0. The maximum atomic E-state index is 13.9. The quantitative estimate of drug-likeness (QED) is 0.532. The highest BCUT2D eigenvalue weighted by Gasteiger charge is 2.23. The van der Waals surface area contributed by atoms with E-state index in [1.807, 2.05) is 24.3 Å². The van der Waals surface area contributed by atoms with Crippen LogP contribution in [0.3, 0.4) is 0 Å². The highest BCUT2D eigenvalue weighted by molar-refractivity contribution is 9.10. The first-order valence-corrected chi connectivity index (χ1v) is 8.92.